The van der Waals surface area contributed by atoms with Gasteiger partial charge in [-0.3, -0.25) is 4.79 Å². The van der Waals surface area contributed by atoms with E-state index < -0.39 is 18.1 Å². The zero-order chi connectivity index (χ0) is 9.75. The van der Waals surface area contributed by atoms with E-state index in [2.05, 4.69) is 0 Å². The fraction of sp³-hybridized carbons (Fsp3) is 0.750. The number of hydrogen-bond donors (Lipinski definition) is 2. The van der Waals surface area contributed by atoms with Crippen LogP contribution in [0.4, 0.5) is 0 Å². The molecule has 4 atom stereocenters. The number of carboxylic acids is 1. The van der Waals surface area contributed by atoms with E-state index in [9.17, 15) is 14.7 Å². The summed E-state index contributed by atoms with van der Waals surface area (Å²) in [6, 6.07) is -1.09. The third-order valence-corrected chi connectivity index (χ3v) is 3.01. The van der Waals surface area contributed by atoms with Crippen molar-refractivity contribution in [2.75, 3.05) is 0 Å². The molecule has 0 aromatic carbocycles. The Kier molecular flexibility index (Phi) is 1.60. The summed E-state index contributed by atoms with van der Waals surface area (Å²) in [7, 11) is 0. The van der Waals surface area contributed by atoms with Crippen LogP contribution in [-0.2, 0) is 9.59 Å². The minimum absolute atomic E-state index is 0.166. The second-order valence-corrected chi connectivity index (χ2v) is 3.71. The Morgan fingerprint density at radius 2 is 2.23 bits per heavy atom. The van der Waals surface area contributed by atoms with Crippen molar-refractivity contribution in [3.05, 3.63) is 0 Å². The second kappa shape index (κ2) is 2.45. The molecule has 0 aliphatic carbocycles. The number of rotatable bonds is 1. The molecule has 2 aliphatic rings. The Balaban J connectivity index is 2.27. The van der Waals surface area contributed by atoms with Gasteiger partial charge in [0.1, 0.15) is 6.04 Å². The van der Waals surface area contributed by atoms with Crippen LogP contribution < -0.4 is 0 Å². The summed E-state index contributed by atoms with van der Waals surface area (Å²) in [4.78, 5) is 23.1. The number of β-lactam (4-membered cyclic amide) rings is 1. The van der Waals surface area contributed by atoms with Gasteiger partial charge < -0.3 is 15.1 Å². The van der Waals surface area contributed by atoms with Crippen LogP contribution in [0.3, 0.4) is 0 Å². The minimum Gasteiger partial charge on any atom is -0.480 e. The molecule has 0 aromatic heterocycles. The van der Waals surface area contributed by atoms with E-state index >= 15 is 0 Å². The lowest BCUT2D eigenvalue weighted by Crippen LogP contribution is -2.56. The summed E-state index contributed by atoms with van der Waals surface area (Å²) in [5, 5.41) is 18.4. The van der Waals surface area contributed by atoms with Gasteiger partial charge in [0.2, 0.25) is 5.91 Å². The Bertz CT molecular complexity index is 277. The van der Waals surface area contributed by atoms with Gasteiger partial charge in [-0.1, -0.05) is 6.92 Å². The van der Waals surface area contributed by atoms with E-state index in [-0.39, 0.29) is 24.3 Å². The molecule has 2 rings (SSSR count). The van der Waals surface area contributed by atoms with Crippen LogP contribution in [0.2, 0.25) is 0 Å². The van der Waals surface area contributed by atoms with Gasteiger partial charge in [-0.05, 0) is 0 Å². The second-order valence-electron chi connectivity index (χ2n) is 3.71. The van der Waals surface area contributed by atoms with Gasteiger partial charge in [-0.2, -0.15) is 0 Å². The maximum Gasteiger partial charge on any atom is 0.326 e. The van der Waals surface area contributed by atoms with Gasteiger partial charge in [0.05, 0.1) is 12.1 Å². The van der Waals surface area contributed by atoms with E-state index in [4.69, 9.17) is 5.11 Å². The standard InChI is InChI=1S/C8H11NO4/c1-3-6(8(12)13)9-4(7(3)11)2-5(9)10/h3-4,6-7,11H,2H2,1H3,(H,12,13)/t3?,4-,6?,7?/m0/s1. The third-order valence-electron chi connectivity index (χ3n) is 3.01. The number of aliphatic carboxylic acids is 1. The number of amides is 1. The van der Waals surface area contributed by atoms with Crippen LogP contribution >= 0.6 is 0 Å². The van der Waals surface area contributed by atoms with Crippen LogP contribution in [0.5, 0.6) is 0 Å². The SMILES string of the molecule is CC1C(O)[C@@H]2CC(=O)N2C1C(=O)O. The first-order chi connectivity index (χ1) is 6.04. The highest BCUT2D eigenvalue weighted by molar-refractivity contribution is 5.90. The average Bonchev–Trinajstić information content (AvgIpc) is 2.24. The maximum atomic E-state index is 11.1. The lowest BCUT2D eigenvalue weighted by Gasteiger charge is -2.37. The van der Waals surface area contributed by atoms with Gasteiger partial charge in [0.15, 0.2) is 0 Å². The quantitative estimate of drug-likeness (QED) is 0.516. The Labute approximate surface area is 75.0 Å². The number of nitrogens with zero attached hydrogens (tertiary/aromatic N) is 1. The monoisotopic (exact) mass is 185 g/mol. The van der Waals surface area contributed by atoms with Crippen molar-refractivity contribution in [1.82, 2.24) is 4.90 Å². The first-order valence-electron chi connectivity index (χ1n) is 4.26. The molecule has 5 nitrogen and oxygen atoms in total. The van der Waals surface area contributed by atoms with E-state index in [1.807, 2.05) is 0 Å². The maximum absolute atomic E-state index is 11.1. The molecule has 1 amide bonds. The molecule has 0 aromatic rings. The summed E-state index contributed by atoms with van der Waals surface area (Å²) in [6.07, 6.45) is -0.395. The molecule has 2 N–H and O–H groups in total. The zero-order valence-corrected chi connectivity index (χ0v) is 7.17. The first kappa shape index (κ1) is 8.50. The molecule has 2 fully saturated rings. The fourth-order valence-electron chi connectivity index (χ4n) is 2.24. The molecule has 2 heterocycles. The Morgan fingerprint density at radius 3 is 2.62 bits per heavy atom. The van der Waals surface area contributed by atoms with Gasteiger partial charge in [-0.15, -0.1) is 0 Å². The largest absolute Gasteiger partial charge is 0.480 e. The summed E-state index contributed by atoms with van der Waals surface area (Å²) in [5.41, 5.74) is 0. The van der Waals surface area contributed by atoms with Crippen LogP contribution in [0.1, 0.15) is 13.3 Å². The highest BCUT2D eigenvalue weighted by atomic mass is 16.4. The van der Waals surface area contributed by atoms with Crippen molar-refractivity contribution in [3.63, 3.8) is 0 Å². The molecule has 3 unspecified atom stereocenters. The average molecular weight is 185 g/mol. The predicted molar refractivity (Wildman–Crippen MR) is 41.8 cm³/mol. The molecule has 0 bridgehead atoms. The topological polar surface area (TPSA) is 77.8 Å². The molecule has 0 radical (unpaired) electrons. The lowest BCUT2D eigenvalue weighted by molar-refractivity contribution is -0.158. The molecular weight excluding hydrogens is 174 g/mol. The van der Waals surface area contributed by atoms with Crippen LogP contribution in [0.15, 0.2) is 0 Å². The van der Waals surface area contributed by atoms with Crippen molar-refractivity contribution in [2.45, 2.75) is 31.5 Å². The number of carbonyl (C=O) groups is 2. The lowest BCUT2D eigenvalue weighted by atomic mass is 9.96. The molecule has 5 heteroatoms. The first-order valence-corrected chi connectivity index (χ1v) is 4.26. The summed E-state index contributed by atoms with van der Waals surface area (Å²) in [6.45, 7) is 1.66. The van der Waals surface area contributed by atoms with Crippen LogP contribution in [0.25, 0.3) is 0 Å². The number of fused-ring (bicyclic) bond motifs is 1. The van der Waals surface area contributed by atoms with Gasteiger partial charge in [0.25, 0.3) is 0 Å². The summed E-state index contributed by atoms with van der Waals surface area (Å²) < 4.78 is 0. The molecule has 0 saturated carbocycles. The summed E-state index contributed by atoms with van der Waals surface area (Å²) in [5.74, 6) is -1.56. The number of aliphatic hydroxyl groups excluding tert-OH is 1. The van der Waals surface area contributed by atoms with Crippen molar-refractivity contribution >= 4 is 11.9 Å². The van der Waals surface area contributed by atoms with Gasteiger partial charge in [-0.25, -0.2) is 4.79 Å². The van der Waals surface area contributed by atoms with E-state index in [1.54, 1.807) is 6.92 Å². The molecular formula is C8H11NO4. The highest BCUT2D eigenvalue weighted by Gasteiger charge is 2.57. The molecule has 2 aliphatic heterocycles. The fourth-order valence-corrected chi connectivity index (χ4v) is 2.24. The van der Waals surface area contributed by atoms with Crippen LogP contribution in [0, 0.1) is 5.92 Å². The number of carbonyl (C=O) groups excluding carboxylic acids is 1. The molecule has 72 valence electrons. The van der Waals surface area contributed by atoms with Crippen molar-refractivity contribution in [2.24, 2.45) is 5.92 Å². The van der Waals surface area contributed by atoms with Crippen molar-refractivity contribution < 1.29 is 19.8 Å². The van der Waals surface area contributed by atoms with E-state index in [0.29, 0.717) is 0 Å². The zero-order valence-electron chi connectivity index (χ0n) is 7.17. The van der Waals surface area contributed by atoms with Crippen LogP contribution in [-0.4, -0.2) is 45.2 Å². The normalized spacial score (nSPS) is 42.9. The van der Waals surface area contributed by atoms with Crippen molar-refractivity contribution in [3.8, 4) is 0 Å². The van der Waals surface area contributed by atoms with Crippen molar-refractivity contribution in [1.29, 1.82) is 0 Å². The number of aliphatic hydroxyl groups is 1. The Morgan fingerprint density at radius 1 is 1.62 bits per heavy atom. The summed E-state index contributed by atoms with van der Waals surface area (Å²) >= 11 is 0. The predicted octanol–water partition coefficient (Wildman–Crippen LogP) is -0.949. The molecule has 13 heavy (non-hydrogen) atoms. The third kappa shape index (κ3) is 0.904. The minimum atomic E-state index is -1.03. The van der Waals surface area contributed by atoms with E-state index in [1.165, 1.54) is 4.90 Å². The number of carboxylic acid groups (broad SMARTS) is 1. The molecule has 2 saturated heterocycles. The highest BCUT2D eigenvalue weighted by Crippen LogP contribution is 2.38. The smallest absolute Gasteiger partial charge is 0.326 e. The Hall–Kier alpha value is -1.10. The van der Waals surface area contributed by atoms with E-state index in [0.717, 1.165) is 0 Å². The van der Waals surface area contributed by atoms with Gasteiger partial charge in [0, 0.05) is 12.3 Å². The number of hydrogen-bond acceptors (Lipinski definition) is 3. The molecule has 0 spiro atoms. The van der Waals surface area contributed by atoms with Gasteiger partial charge >= 0.3 is 5.97 Å².